The first kappa shape index (κ1) is 21.1. The number of hydrazine groups is 1. The zero-order valence-electron chi connectivity index (χ0n) is 16.6. The van der Waals surface area contributed by atoms with Crippen LogP contribution in [-0.4, -0.2) is 34.4 Å². The van der Waals surface area contributed by atoms with Crippen LogP contribution in [0.5, 0.6) is 0 Å². The minimum atomic E-state index is -1.00. The Morgan fingerprint density at radius 1 is 1.26 bits per heavy atom. The number of benzene rings is 2. The number of carbonyl (C=O) groups excluding carboxylic acids is 1. The molecule has 1 saturated carbocycles. The average Bonchev–Trinajstić information content (AvgIpc) is 3.52. The predicted molar refractivity (Wildman–Crippen MR) is 119 cm³/mol. The van der Waals surface area contributed by atoms with Crippen LogP contribution < -0.4 is 21.6 Å². The highest BCUT2D eigenvalue weighted by atomic mass is 32.2. The Hall–Kier alpha value is -3.11. The molecule has 0 spiro atoms. The molecule has 10 heteroatoms. The van der Waals surface area contributed by atoms with Crippen LogP contribution in [0.15, 0.2) is 41.5 Å². The molecule has 1 aliphatic heterocycles. The predicted octanol–water partition coefficient (Wildman–Crippen LogP) is 2.63. The molecule has 1 fully saturated rings. The molecule has 2 aromatic carbocycles. The van der Waals surface area contributed by atoms with Gasteiger partial charge in [0.05, 0.1) is 17.0 Å². The molecule has 0 bridgehead atoms. The Morgan fingerprint density at radius 3 is 2.71 bits per heavy atom. The first-order valence-corrected chi connectivity index (χ1v) is 10.8. The van der Waals surface area contributed by atoms with Gasteiger partial charge in [0.1, 0.15) is 5.82 Å². The molecule has 2 aliphatic rings. The van der Waals surface area contributed by atoms with Gasteiger partial charge >= 0.3 is 5.97 Å². The van der Waals surface area contributed by atoms with Gasteiger partial charge in [0.2, 0.25) is 11.1 Å². The highest BCUT2D eigenvalue weighted by Crippen LogP contribution is 2.44. The summed E-state index contributed by atoms with van der Waals surface area (Å²) in [7, 11) is 0. The van der Waals surface area contributed by atoms with E-state index in [0.717, 1.165) is 35.7 Å². The maximum absolute atomic E-state index is 13.4. The minimum Gasteiger partial charge on any atom is -0.478 e. The van der Waals surface area contributed by atoms with Crippen LogP contribution in [0.3, 0.4) is 0 Å². The van der Waals surface area contributed by atoms with Crippen LogP contribution in [0.1, 0.15) is 40.2 Å². The number of anilines is 2. The van der Waals surface area contributed by atoms with Crippen LogP contribution in [0.25, 0.3) is 0 Å². The summed E-state index contributed by atoms with van der Waals surface area (Å²) in [5.41, 5.74) is 3.14. The van der Waals surface area contributed by atoms with E-state index in [1.807, 2.05) is 0 Å². The Bertz CT molecular complexity index is 1070. The van der Waals surface area contributed by atoms with Crippen LogP contribution >= 0.6 is 11.8 Å². The summed E-state index contributed by atoms with van der Waals surface area (Å²) in [6, 6.07) is 9.14. The third kappa shape index (κ3) is 4.35. The summed E-state index contributed by atoms with van der Waals surface area (Å²) >= 11 is 1.09. The largest absolute Gasteiger partial charge is 0.478 e. The van der Waals surface area contributed by atoms with Crippen molar-refractivity contribution < 1.29 is 19.1 Å². The number of amides is 1. The third-order valence-electron chi connectivity index (χ3n) is 5.43. The number of nitrogens with two attached hydrogens (primary N) is 2. The molecule has 1 heterocycles. The fraction of sp³-hybridized carbons (Fsp3) is 0.286. The van der Waals surface area contributed by atoms with Crippen LogP contribution in [0, 0.1) is 5.82 Å². The van der Waals surface area contributed by atoms with Gasteiger partial charge in [-0.1, -0.05) is 11.8 Å². The zero-order chi connectivity index (χ0) is 22.1. The lowest BCUT2D eigenvalue weighted by Crippen LogP contribution is -2.39. The molecule has 0 aromatic heterocycles. The molecule has 31 heavy (non-hydrogen) atoms. The lowest BCUT2D eigenvalue weighted by atomic mass is 10.0. The quantitative estimate of drug-likeness (QED) is 0.281. The topological polar surface area (TPSA) is 125 Å². The smallest absolute Gasteiger partial charge is 0.335 e. The number of thioether (sulfide) groups is 1. The lowest BCUT2D eigenvalue weighted by Gasteiger charge is -2.23. The number of fused-ring (bicyclic) bond motifs is 1. The van der Waals surface area contributed by atoms with Crippen molar-refractivity contribution in [2.75, 3.05) is 22.2 Å². The number of nitrogens with zero attached hydrogens (tertiary/aromatic N) is 3. The number of aromatic carboxylic acids is 1. The molecule has 0 saturated heterocycles. The number of amidine groups is 1. The van der Waals surface area contributed by atoms with Crippen molar-refractivity contribution in [1.29, 1.82) is 0 Å². The Morgan fingerprint density at radius 2 is 2.03 bits per heavy atom. The van der Waals surface area contributed by atoms with E-state index in [1.54, 1.807) is 23.1 Å². The number of hydrazone groups is 1. The van der Waals surface area contributed by atoms with Crippen molar-refractivity contribution in [2.45, 2.75) is 25.2 Å². The zero-order valence-corrected chi connectivity index (χ0v) is 17.4. The second-order valence-electron chi connectivity index (χ2n) is 7.49. The summed E-state index contributed by atoms with van der Waals surface area (Å²) in [5.74, 6) is 10.6. The molecule has 0 unspecified atom stereocenters. The summed E-state index contributed by atoms with van der Waals surface area (Å²) in [5, 5.41) is 14.5. The van der Waals surface area contributed by atoms with Gasteiger partial charge in [0.25, 0.3) is 0 Å². The van der Waals surface area contributed by atoms with Crippen molar-refractivity contribution >= 4 is 40.2 Å². The Balaban J connectivity index is 1.47. The van der Waals surface area contributed by atoms with E-state index in [9.17, 15) is 19.1 Å². The van der Waals surface area contributed by atoms with Gasteiger partial charge in [0, 0.05) is 12.2 Å². The number of carbonyl (C=O) groups is 2. The summed E-state index contributed by atoms with van der Waals surface area (Å²) < 4.78 is 13.4. The first-order chi connectivity index (χ1) is 14.9. The van der Waals surface area contributed by atoms with Gasteiger partial charge < -0.3 is 15.8 Å². The molecule has 8 nitrogen and oxygen atoms in total. The van der Waals surface area contributed by atoms with E-state index in [1.165, 1.54) is 23.2 Å². The number of carboxylic acid groups (broad SMARTS) is 1. The Kier molecular flexibility index (Phi) is 5.84. The fourth-order valence-electron chi connectivity index (χ4n) is 3.73. The maximum Gasteiger partial charge on any atom is 0.335 e. The minimum absolute atomic E-state index is 0.0481. The van der Waals surface area contributed by atoms with Crippen LogP contribution in [0.2, 0.25) is 0 Å². The molecular formula is C21H22FN5O3S. The first-order valence-electron chi connectivity index (χ1n) is 9.80. The van der Waals surface area contributed by atoms with Gasteiger partial charge in [-0.05, 0) is 72.7 Å². The highest BCUT2D eigenvalue weighted by molar-refractivity contribution is 8.14. The normalized spacial score (nSPS) is 15.7. The van der Waals surface area contributed by atoms with Crippen molar-refractivity contribution in [3.8, 4) is 0 Å². The van der Waals surface area contributed by atoms with E-state index in [4.69, 9.17) is 11.7 Å². The standard InChI is InChI=1S/C21H22FN5O3S/c22-15-4-6-17-13(9-15)7-8-26(17)19(28)11-31-21(25-23)27(24)18-5-3-14(20(29)30)10-16(18)12-1-2-12/h3-6,9-10,12H,1-2,7-8,11,23-24H2,(H,29,30)/b25-21+. The van der Waals surface area contributed by atoms with E-state index in [2.05, 4.69) is 5.10 Å². The molecule has 1 aliphatic carbocycles. The molecule has 4 rings (SSSR count). The number of rotatable bonds is 5. The van der Waals surface area contributed by atoms with Gasteiger partial charge in [-0.25, -0.2) is 15.0 Å². The van der Waals surface area contributed by atoms with Gasteiger partial charge in [-0.15, -0.1) is 0 Å². The monoisotopic (exact) mass is 443 g/mol. The number of carboxylic acids is 1. The van der Waals surface area contributed by atoms with E-state index >= 15 is 0 Å². The maximum atomic E-state index is 13.4. The fourth-order valence-corrected chi connectivity index (χ4v) is 4.45. The van der Waals surface area contributed by atoms with Crippen molar-refractivity contribution in [1.82, 2.24) is 0 Å². The second kappa shape index (κ2) is 8.56. The van der Waals surface area contributed by atoms with E-state index in [0.29, 0.717) is 24.3 Å². The summed E-state index contributed by atoms with van der Waals surface area (Å²) in [4.78, 5) is 25.7. The number of hydrogen-bond acceptors (Lipinski definition) is 6. The Labute approximate surface area is 182 Å². The summed E-state index contributed by atoms with van der Waals surface area (Å²) in [6.07, 6.45) is 2.52. The summed E-state index contributed by atoms with van der Waals surface area (Å²) in [6.45, 7) is 0.488. The van der Waals surface area contributed by atoms with E-state index in [-0.39, 0.29) is 34.1 Å². The van der Waals surface area contributed by atoms with Gasteiger partial charge in [-0.3, -0.25) is 9.80 Å². The molecule has 1 amide bonds. The molecule has 162 valence electrons. The van der Waals surface area contributed by atoms with Gasteiger partial charge in [-0.2, -0.15) is 5.10 Å². The molecule has 0 atom stereocenters. The van der Waals surface area contributed by atoms with E-state index < -0.39 is 5.97 Å². The number of hydrogen-bond donors (Lipinski definition) is 3. The lowest BCUT2D eigenvalue weighted by molar-refractivity contribution is -0.116. The second-order valence-corrected chi connectivity index (χ2v) is 8.43. The molecule has 2 aromatic rings. The van der Waals surface area contributed by atoms with Crippen LogP contribution in [-0.2, 0) is 11.2 Å². The number of halogens is 1. The third-order valence-corrected chi connectivity index (χ3v) is 6.38. The highest BCUT2D eigenvalue weighted by Gasteiger charge is 2.30. The molecule has 5 N–H and O–H groups in total. The van der Waals surface area contributed by atoms with Crippen molar-refractivity contribution in [2.24, 2.45) is 16.8 Å². The molecular weight excluding hydrogens is 421 g/mol. The molecule has 0 radical (unpaired) electrons. The van der Waals surface area contributed by atoms with Crippen molar-refractivity contribution in [3.63, 3.8) is 0 Å². The average molecular weight is 444 g/mol. The van der Waals surface area contributed by atoms with Gasteiger partial charge in [0.15, 0.2) is 0 Å². The van der Waals surface area contributed by atoms with Crippen LogP contribution in [0.4, 0.5) is 15.8 Å². The van der Waals surface area contributed by atoms with Crippen molar-refractivity contribution in [3.05, 3.63) is 58.9 Å². The SMILES string of the molecule is N/N=C(/SCC(=O)N1CCc2cc(F)ccc21)N(N)c1ccc(C(=O)O)cc1C1CC1.